The van der Waals surface area contributed by atoms with Crippen LogP contribution in [0.2, 0.25) is 0 Å². The Morgan fingerprint density at radius 3 is 2.80 bits per heavy atom. The molecule has 0 N–H and O–H groups in total. The number of hydrogen-bond donors (Lipinski definition) is 0. The number of nitrogens with zero attached hydrogens (tertiary/aromatic N) is 5. The van der Waals surface area contributed by atoms with Crippen molar-refractivity contribution in [3.63, 3.8) is 0 Å². The van der Waals surface area contributed by atoms with Crippen LogP contribution in [-0.4, -0.2) is 51.6 Å². The van der Waals surface area contributed by atoms with Crippen LogP contribution in [0.25, 0.3) is 4.96 Å². The van der Waals surface area contributed by atoms with E-state index < -0.39 is 0 Å². The van der Waals surface area contributed by atoms with Gasteiger partial charge in [0.25, 0.3) is 5.56 Å². The van der Waals surface area contributed by atoms with Gasteiger partial charge in [-0.05, 0) is 39.0 Å². The predicted octanol–water partition coefficient (Wildman–Crippen LogP) is 1.69. The summed E-state index contributed by atoms with van der Waals surface area (Å²) in [5.74, 6) is 0.321. The lowest BCUT2D eigenvalue weighted by Crippen LogP contribution is -2.46. The van der Waals surface area contributed by atoms with E-state index in [1.165, 1.54) is 28.3 Å². The molecule has 0 unspecified atom stereocenters. The summed E-state index contributed by atoms with van der Waals surface area (Å²) in [6.07, 6.45) is 5.38. The van der Waals surface area contributed by atoms with E-state index in [0.717, 1.165) is 50.4 Å². The number of hydrogen-bond acceptors (Lipinski definition) is 6. The molecular formula is C17H23N5O2S. The molecular weight excluding hydrogens is 338 g/mol. The van der Waals surface area contributed by atoms with E-state index >= 15 is 0 Å². The second kappa shape index (κ2) is 6.74. The first-order chi connectivity index (χ1) is 12.1. The number of carbonyl (C=O) groups is 1. The van der Waals surface area contributed by atoms with Crippen molar-refractivity contribution in [2.75, 3.05) is 31.1 Å². The van der Waals surface area contributed by atoms with Crippen molar-refractivity contribution in [2.24, 2.45) is 5.92 Å². The Balaban J connectivity index is 1.54. The van der Waals surface area contributed by atoms with Gasteiger partial charge in [0.05, 0.1) is 5.92 Å². The smallest absolute Gasteiger partial charge is 0.275 e. The van der Waals surface area contributed by atoms with E-state index in [0.29, 0.717) is 17.2 Å². The molecule has 1 amide bonds. The maximum Gasteiger partial charge on any atom is 0.275 e. The van der Waals surface area contributed by atoms with Crippen molar-refractivity contribution in [1.29, 1.82) is 0 Å². The molecule has 4 rings (SSSR count). The van der Waals surface area contributed by atoms with Crippen LogP contribution < -0.4 is 10.5 Å². The highest BCUT2D eigenvalue weighted by molar-refractivity contribution is 7.20. The van der Waals surface area contributed by atoms with Crippen molar-refractivity contribution >= 4 is 27.3 Å². The maximum atomic E-state index is 12.8. The minimum absolute atomic E-state index is 0.0327. The third-order valence-electron chi connectivity index (χ3n) is 5.07. The first-order valence-corrected chi connectivity index (χ1v) is 9.85. The number of piperidine rings is 2. The zero-order valence-corrected chi connectivity index (χ0v) is 15.3. The normalized spacial score (nSPS) is 21.7. The summed E-state index contributed by atoms with van der Waals surface area (Å²) >= 11 is 1.42. The Morgan fingerprint density at radius 2 is 2.00 bits per heavy atom. The van der Waals surface area contributed by atoms with Gasteiger partial charge in [-0.25, -0.2) is 4.98 Å². The summed E-state index contributed by atoms with van der Waals surface area (Å²) < 4.78 is 1.36. The molecule has 2 aliphatic heterocycles. The fourth-order valence-electron chi connectivity index (χ4n) is 3.76. The van der Waals surface area contributed by atoms with Gasteiger partial charge in [-0.3, -0.25) is 9.59 Å². The van der Waals surface area contributed by atoms with Gasteiger partial charge in [0.1, 0.15) is 0 Å². The monoisotopic (exact) mass is 361 g/mol. The van der Waals surface area contributed by atoms with Crippen LogP contribution in [0.5, 0.6) is 0 Å². The first-order valence-electron chi connectivity index (χ1n) is 9.03. The van der Waals surface area contributed by atoms with Crippen LogP contribution in [0.1, 0.15) is 37.8 Å². The molecule has 0 saturated carbocycles. The largest absolute Gasteiger partial charge is 0.346 e. The quantitative estimate of drug-likeness (QED) is 0.814. The molecule has 4 heterocycles. The lowest BCUT2D eigenvalue weighted by atomic mass is 9.96. The number of carbonyl (C=O) groups excluding carboxylic acids is 1. The molecule has 7 nitrogen and oxygen atoms in total. The van der Waals surface area contributed by atoms with Gasteiger partial charge in [0, 0.05) is 37.9 Å². The summed E-state index contributed by atoms with van der Waals surface area (Å²) in [6.45, 7) is 5.17. The highest BCUT2D eigenvalue weighted by Gasteiger charge is 2.31. The molecule has 0 aromatic carbocycles. The zero-order valence-electron chi connectivity index (χ0n) is 14.5. The fraction of sp³-hybridized carbons (Fsp3) is 0.647. The van der Waals surface area contributed by atoms with Crippen LogP contribution in [0.4, 0.5) is 5.13 Å². The van der Waals surface area contributed by atoms with E-state index in [9.17, 15) is 9.59 Å². The number of fused-ring (bicyclic) bond motifs is 1. The Hall–Kier alpha value is -1.96. The lowest BCUT2D eigenvalue weighted by molar-refractivity contribution is -0.136. The molecule has 0 aliphatic carbocycles. The number of amides is 1. The molecule has 134 valence electrons. The third kappa shape index (κ3) is 3.27. The average Bonchev–Trinajstić information content (AvgIpc) is 3.06. The molecule has 1 atom stereocenters. The van der Waals surface area contributed by atoms with Crippen LogP contribution in [0.15, 0.2) is 10.9 Å². The predicted molar refractivity (Wildman–Crippen MR) is 97.2 cm³/mol. The van der Waals surface area contributed by atoms with Crippen molar-refractivity contribution < 1.29 is 4.79 Å². The molecule has 2 saturated heterocycles. The van der Waals surface area contributed by atoms with E-state index in [1.807, 2.05) is 11.8 Å². The summed E-state index contributed by atoms with van der Waals surface area (Å²) in [7, 11) is 0. The molecule has 0 spiro atoms. The van der Waals surface area contributed by atoms with Gasteiger partial charge in [-0.2, -0.15) is 4.52 Å². The van der Waals surface area contributed by atoms with E-state index in [4.69, 9.17) is 0 Å². The number of aromatic nitrogens is 3. The van der Waals surface area contributed by atoms with Gasteiger partial charge in [0.2, 0.25) is 16.0 Å². The van der Waals surface area contributed by atoms with Crippen molar-refractivity contribution in [3.8, 4) is 0 Å². The van der Waals surface area contributed by atoms with Crippen LogP contribution in [0, 0.1) is 12.8 Å². The number of likely N-dealkylation sites (tertiary alicyclic amines) is 1. The van der Waals surface area contributed by atoms with Crippen molar-refractivity contribution in [2.45, 2.75) is 39.0 Å². The Morgan fingerprint density at radius 1 is 1.20 bits per heavy atom. The molecule has 2 aliphatic rings. The Bertz CT molecular complexity index is 839. The summed E-state index contributed by atoms with van der Waals surface area (Å²) in [5.41, 5.74) is 0.556. The summed E-state index contributed by atoms with van der Waals surface area (Å²) in [6, 6.07) is 1.50. The van der Waals surface area contributed by atoms with Crippen LogP contribution in [0.3, 0.4) is 0 Å². The third-order valence-corrected chi connectivity index (χ3v) is 6.04. The number of rotatable bonds is 2. The second-order valence-electron chi connectivity index (χ2n) is 6.99. The van der Waals surface area contributed by atoms with Gasteiger partial charge < -0.3 is 9.80 Å². The van der Waals surface area contributed by atoms with Gasteiger partial charge in [0.15, 0.2) is 0 Å². The molecule has 2 fully saturated rings. The van der Waals surface area contributed by atoms with Gasteiger partial charge in [-0.15, -0.1) is 5.10 Å². The lowest BCUT2D eigenvalue weighted by Gasteiger charge is -2.36. The number of anilines is 1. The van der Waals surface area contributed by atoms with Gasteiger partial charge in [-0.1, -0.05) is 11.3 Å². The number of aryl methyl sites for hydroxylation is 1. The molecule has 2 aromatic rings. The van der Waals surface area contributed by atoms with E-state index in [2.05, 4.69) is 15.0 Å². The molecule has 0 bridgehead atoms. The summed E-state index contributed by atoms with van der Waals surface area (Å²) in [4.78, 5) is 34.1. The summed E-state index contributed by atoms with van der Waals surface area (Å²) in [5, 5.41) is 5.23. The SMILES string of the molecule is Cc1cc(=O)n2nc(N3CCC[C@H](C(=O)N4CCCCC4)C3)sc2n1. The standard InChI is InChI=1S/C17H23N5O2S/c1-12-10-14(23)22-16(18-12)25-17(19-22)21-9-5-6-13(11-21)15(24)20-7-3-2-4-8-20/h10,13H,2-9,11H2,1H3/t13-/m0/s1. The highest BCUT2D eigenvalue weighted by Crippen LogP contribution is 2.28. The average molecular weight is 361 g/mol. The van der Waals surface area contributed by atoms with Gasteiger partial charge >= 0.3 is 0 Å². The van der Waals surface area contributed by atoms with E-state index in [-0.39, 0.29) is 17.4 Å². The fourth-order valence-corrected chi connectivity index (χ4v) is 4.75. The Kier molecular flexibility index (Phi) is 4.45. The zero-order chi connectivity index (χ0) is 17.4. The maximum absolute atomic E-state index is 12.8. The second-order valence-corrected chi connectivity index (χ2v) is 7.92. The molecule has 8 heteroatoms. The molecule has 0 radical (unpaired) electrons. The Labute approximate surface area is 150 Å². The topological polar surface area (TPSA) is 70.8 Å². The molecule has 25 heavy (non-hydrogen) atoms. The highest BCUT2D eigenvalue weighted by atomic mass is 32.1. The van der Waals surface area contributed by atoms with Crippen molar-refractivity contribution in [3.05, 3.63) is 22.1 Å². The minimum Gasteiger partial charge on any atom is -0.346 e. The first kappa shape index (κ1) is 16.5. The van der Waals surface area contributed by atoms with E-state index in [1.54, 1.807) is 0 Å². The van der Waals surface area contributed by atoms with Crippen LogP contribution >= 0.6 is 11.3 Å². The molecule has 2 aromatic heterocycles. The van der Waals surface area contributed by atoms with Crippen LogP contribution in [-0.2, 0) is 4.79 Å². The van der Waals surface area contributed by atoms with Crippen molar-refractivity contribution in [1.82, 2.24) is 19.5 Å². The minimum atomic E-state index is -0.150.